The van der Waals surface area contributed by atoms with Crippen molar-refractivity contribution in [3.63, 3.8) is 0 Å². The Hall–Kier alpha value is -0.770. The van der Waals surface area contributed by atoms with Gasteiger partial charge in [0.05, 0.1) is 19.1 Å². The number of hydrogen-bond donors (Lipinski definition) is 6. The summed E-state index contributed by atoms with van der Waals surface area (Å²) in [6.45, 7) is -1.15. The van der Waals surface area contributed by atoms with Gasteiger partial charge < -0.3 is 35.4 Å². The van der Waals surface area contributed by atoms with Gasteiger partial charge in [-0.05, 0) is 0 Å². The normalized spacial score (nSPS) is 38.4. The highest BCUT2D eigenvalue weighted by Crippen LogP contribution is 2.27. The summed E-state index contributed by atoms with van der Waals surface area (Å²) in [6.07, 6.45) is -7.31. The summed E-state index contributed by atoms with van der Waals surface area (Å²) in [5.41, 5.74) is 0. The Labute approximate surface area is 103 Å². The zero-order valence-corrected chi connectivity index (χ0v) is 9.59. The molecule has 0 aromatic rings. The number of aliphatic hydroxyl groups is 5. The molecule has 1 aliphatic rings. The van der Waals surface area contributed by atoms with E-state index < -0.39 is 62.0 Å². The third kappa shape index (κ3) is 3.16. The van der Waals surface area contributed by atoms with Gasteiger partial charge in [0.15, 0.2) is 0 Å². The van der Waals surface area contributed by atoms with E-state index >= 15 is 0 Å². The van der Waals surface area contributed by atoms with E-state index in [-0.39, 0.29) is 0 Å². The monoisotopic (exact) mass is 266 g/mol. The molecule has 0 aromatic carbocycles. The average molecular weight is 266 g/mol. The van der Waals surface area contributed by atoms with Crippen LogP contribution in [-0.2, 0) is 9.53 Å². The molecule has 0 saturated carbocycles. The van der Waals surface area contributed by atoms with Crippen molar-refractivity contribution >= 4 is 5.97 Å². The van der Waals surface area contributed by atoms with Crippen molar-refractivity contribution in [3.8, 4) is 0 Å². The van der Waals surface area contributed by atoms with E-state index in [1.165, 1.54) is 0 Å². The van der Waals surface area contributed by atoms with Crippen LogP contribution >= 0.6 is 0 Å². The number of aliphatic hydroxyl groups excluding tert-OH is 5. The highest BCUT2D eigenvalue weighted by atomic mass is 16.5. The number of aliphatic carboxylic acids is 1. The van der Waals surface area contributed by atoms with Crippen molar-refractivity contribution in [1.82, 2.24) is 0 Å². The van der Waals surface area contributed by atoms with Gasteiger partial charge in [-0.25, -0.2) is 0 Å². The molecule has 1 heterocycles. The van der Waals surface area contributed by atoms with Gasteiger partial charge >= 0.3 is 5.97 Å². The third-order valence-corrected chi connectivity index (χ3v) is 3.07. The fourth-order valence-corrected chi connectivity index (χ4v) is 2.03. The maximum absolute atomic E-state index is 10.6. The van der Waals surface area contributed by atoms with Crippen LogP contribution in [0.15, 0.2) is 0 Å². The van der Waals surface area contributed by atoms with Gasteiger partial charge in [-0.15, -0.1) is 0 Å². The summed E-state index contributed by atoms with van der Waals surface area (Å²) in [6, 6.07) is 0. The minimum atomic E-state index is -1.57. The van der Waals surface area contributed by atoms with Crippen LogP contribution in [0.4, 0.5) is 0 Å². The van der Waals surface area contributed by atoms with Crippen LogP contribution in [0.5, 0.6) is 0 Å². The second-order valence-corrected chi connectivity index (χ2v) is 4.33. The standard InChI is InChI=1S/C10H18O8/c11-2-4(1-6(13)14)10-9(17)8(16)7(15)5(3-12)18-10/h4-5,7-12,15-17H,1-3H2,(H,13,14)/t4?,5-,7-,8+,9-,10?/m1/s1. The molecule has 106 valence electrons. The van der Waals surface area contributed by atoms with Crippen molar-refractivity contribution in [2.24, 2.45) is 5.92 Å². The number of carbonyl (C=O) groups is 1. The lowest BCUT2D eigenvalue weighted by Gasteiger charge is -2.42. The highest BCUT2D eigenvalue weighted by molar-refractivity contribution is 5.67. The summed E-state index contributed by atoms with van der Waals surface area (Å²) < 4.78 is 5.15. The molecule has 6 atom stereocenters. The van der Waals surface area contributed by atoms with Crippen LogP contribution in [0.3, 0.4) is 0 Å². The lowest BCUT2D eigenvalue weighted by atomic mass is 9.86. The number of carboxylic acid groups (broad SMARTS) is 1. The second kappa shape index (κ2) is 6.41. The summed E-state index contributed by atoms with van der Waals surface area (Å²) in [4.78, 5) is 10.6. The summed E-state index contributed by atoms with van der Waals surface area (Å²) in [5.74, 6) is -2.13. The maximum atomic E-state index is 10.6. The van der Waals surface area contributed by atoms with Crippen molar-refractivity contribution in [2.75, 3.05) is 13.2 Å². The second-order valence-electron chi connectivity index (χ2n) is 4.33. The molecule has 8 nitrogen and oxygen atoms in total. The van der Waals surface area contributed by atoms with Crippen molar-refractivity contribution in [2.45, 2.75) is 36.9 Å². The van der Waals surface area contributed by atoms with E-state index in [1.807, 2.05) is 0 Å². The fourth-order valence-electron chi connectivity index (χ4n) is 2.03. The van der Waals surface area contributed by atoms with Gasteiger partial charge in [0.2, 0.25) is 0 Å². The van der Waals surface area contributed by atoms with Crippen molar-refractivity contribution < 1.29 is 40.2 Å². The molecule has 18 heavy (non-hydrogen) atoms. The Morgan fingerprint density at radius 2 is 1.72 bits per heavy atom. The van der Waals surface area contributed by atoms with E-state index in [0.29, 0.717) is 0 Å². The third-order valence-electron chi connectivity index (χ3n) is 3.07. The molecule has 0 radical (unpaired) electrons. The molecular weight excluding hydrogens is 248 g/mol. The molecule has 2 unspecified atom stereocenters. The summed E-state index contributed by atoms with van der Waals surface area (Å²) >= 11 is 0. The predicted molar refractivity (Wildman–Crippen MR) is 56.6 cm³/mol. The first-order valence-electron chi connectivity index (χ1n) is 5.55. The maximum Gasteiger partial charge on any atom is 0.303 e. The van der Waals surface area contributed by atoms with E-state index in [2.05, 4.69) is 0 Å². The fraction of sp³-hybridized carbons (Fsp3) is 0.900. The first-order chi connectivity index (χ1) is 8.42. The first kappa shape index (κ1) is 15.3. The van der Waals surface area contributed by atoms with Crippen LogP contribution in [0.2, 0.25) is 0 Å². The Morgan fingerprint density at radius 1 is 1.11 bits per heavy atom. The summed E-state index contributed by atoms with van der Waals surface area (Å²) in [7, 11) is 0. The van der Waals surface area contributed by atoms with E-state index in [9.17, 15) is 20.1 Å². The van der Waals surface area contributed by atoms with E-state index in [4.69, 9.17) is 20.1 Å². The molecule has 0 spiro atoms. The number of carboxylic acids is 1. The van der Waals surface area contributed by atoms with E-state index in [0.717, 1.165) is 0 Å². The Bertz CT molecular complexity index is 281. The Morgan fingerprint density at radius 3 is 2.17 bits per heavy atom. The number of hydrogen-bond acceptors (Lipinski definition) is 7. The summed E-state index contributed by atoms with van der Waals surface area (Å²) in [5, 5.41) is 55.5. The first-order valence-corrected chi connectivity index (χ1v) is 5.55. The minimum absolute atomic E-state index is 0.459. The number of rotatable bonds is 5. The van der Waals surface area contributed by atoms with Crippen LogP contribution in [0.25, 0.3) is 0 Å². The topological polar surface area (TPSA) is 148 Å². The minimum Gasteiger partial charge on any atom is -0.481 e. The van der Waals surface area contributed by atoms with Gasteiger partial charge in [0.25, 0.3) is 0 Å². The van der Waals surface area contributed by atoms with Gasteiger partial charge in [-0.1, -0.05) is 0 Å². The van der Waals surface area contributed by atoms with Crippen LogP contribution in [0.1, 0.15) is 6.42 Å². The van der Waals surface area contributed by atoms with Crippen molar-refractivity contribution in [3.05, 3.63) is 0 Å². The van der Waals surface area contributed by atoms with Crippen LogP contribution in [-0.4, -0.2) is 80.3 Å². The Kier molecular flexibility index (Phi) is 5.45. The molecule has 1 fully saturated rings. The average Bonchev–Trinajstić information content (AvgIpc) is 2.34. The quantitative estimate of drug-likeness (QED) is 0.307. The zero-order chi connectivity index (χ0) is 13.9. The molecule has 0 aliphatic carbocycles. The van der Waals surface area contributed by atoms with Gasteiger partial charge in [0, 0.05) is 12.5 Å². The largest absolute Gasteiger partial charge is 0.481 e. The number of ether oxygens (including phenoxy) is 1. The lowest BCUT2D eigenvalue weighted by molar-refractivity contribution is -0.244. The Balaban J connectivity index is 2.82. The van der Waals surface area contributed by atoms with Gasteiger partial charge in [-0.3, -0.25) is 4.79 Å². The molecule has 0 aromatic heterocycles. The molecule has 0 bridgehead atoms. The van der Waals surface area contributed by atoms with Crippen LogP contribution < -0.4 is 0 Å². The molecule has 1 aliphatic heterocycles. The highest BCUT2D eigenvalue weighted by Gasteiger charge is 2.46. The zero-order valence-electron chi connectivity index (χ0n) is 9.59. The van der Waals surface area contributed by atoms with E-state index in [1.54, 1.807) is 0 Å². The molecule has 0 amide bonds. The predicted octanol–water partition coefficient (Wildman–Crippen LogP) is -3.09. The van der Waals surface area contributed by atoms with Gasteiger partial charge in [-0.2, -0.15) is 0 Å². The smallest absolute Gasteiger partial charge is 0.303 e. The van der Waals surface area contributed by atoms with Gasteiger partial charge in [0.1, 0.15) is 24.4 Å². The van der Waals surface area contributed by atoms with Crippen LogP contribution in [0, 0.1) is 5.92 Å². The molecule has 1 saturated heterocycles. The molecule has 1 rings (SSSR count). The molecule has 8 heteroatoms. The lowest BCUT2D eigenvalue weighted by Crippen LogP contribution is -2.60. The SMILES string of the molecule is O=C(O)CC(CO)C1O[C@H](CO)[C@@H](O)[C@H](O)[C@H]1O. The molecule has 6 N–H and O–H groups in total. The van der Waals surface area contributed by atoms with Crippen molar-refractivity contribution in [1.29, 1.82) is 0 Å². The molecular formula is C10H18O8.